The fourth-order valence-corrected chi connectivity index (χ4v) is 7.47. The van der Waals surface area contributed by atoms with Gasteiger partial charge in [-0.15, -0.1) is 0 Å². The molecule has 0 heterocycles. The summed E-state index contributed by atoms with van der Waals surface area (Å²) in [6.45, 7) is 0.962. The van der Waals surface area contributed by atoms with E-state index in [0.29, 0.717) is 42.7 Å². The normalized spacial score (nSPS) is 23.3. The molecule has 49 heavy (non-hydrogen) atoms. The van der Waals surface area contributed by atoms with Crippen molar-refractivity contribution in [2.24, 2.45) is 17.6 Å². The molecule has 4 rings (SSSR count). The summed E-state index contributed by atoms with van der Waals surface area (Å²) in [6, 6.07) is 0.604. The van der Waals surface area contributed by atoms with E-state index in [1.165, 1.54) is 19.1 Å². The molecule has 15 heteroatoms. The first-order valence-electron chi connectivity index (χ1n) is 16.1. The molecule has 1 aromatic carbocycles. The molecule has 0 saturated heterocycles. The molecule has 1 saturated carbocycles. The second kappa shape index (κ2) is 14.6. The van der Waals surface area contributed by atoms with E-state index in [0.717, 1.165) is 0 Å². The number of Topliss-reactive ketones (excluding diaryl/α,β-unsaturated/α-hetero) is 2. The van der Waals surface area contributed by atoms with Crippen LogP contribution in [0.25, 0.3) is 5.76 Å². The van der Waals surface area contributed by atoms with Crippen LogP contribution in [0.15, 0.2) is 23.0 Å². The number of nitrogens with zero attached hydrogens (tertiary/aromatic N) is 3. The summed E-state index contributed by atoms with van der Waals surface area (Å²) in [5, 5.41) is 46.6. The van der Waals surface area contributed by atoms with Gasteiger partial charge in [0, 0.05) is 56.2 Å². The third-order valence-electron chi connectivity index (χ3n) is 9.82. The third kappa shape index (κ3) is 6.74. The number of likely N-dealkylation sites (N-methyl/N-ethyl adjacent to an activating group) is 1. The predicted molar refractivity (Wildman–Crippen MR) is 176 cm³/mol. The van der Waals surface area contributed by atoms with Crippen LogP contribution in [0.1, 0.15) is 48.8 Å². The van der Waals surface area contributed by atoms with Crippen LogP contribution in [0.2, 0.25) is 0 Å². The quantitative estimate of drug-likeness (QED) is 0.143. The lowest BCUT2D eigenvalue weighted by atomic mass is 9.57. The predicted octanol–water partition coefficient (Wildman–Crippen LogP) is 0.738. The summed E-state index contributed by atoms with van der Waals surface area (Å²) in [5.41, 5.74) is 3.13. The van der Waals surface area contributed by atoms with Crippen molar-refractivity contribution in [1.82, 2.24) is 9.80 Å². The van der Waals surface area contributed by atoms with Crippen molar-refractivity contribution in [2.75, 3.05) is 60.4 Å². The van der Waals surface area contributed by atoms with Crippen molar-refractivity contribution in [3.05, 3.63) is 39.7 Å². The van der Waals surface area contributed by atoms with Gasteiger partial charge < -0.3 is 40.5 Å². The summed E-state index contributed by atoms with van der Waals surface area (Å²) in [7, 11) is 9.27. The van der Waals surface area contributed by atoms with E-state index in [-0.39, 0.29) is 61.1 Å². The molecule has 1 aromatic rings. The van der Waals surface area contributed by atoms with Crippen LogP contribution < -0.4 is 10.6 Å². The van der Waals surface area contributed by atoms with Crippen molar-refractivity contribution < 1.29 is 53.9 Å². The van der Waals surface area contributed by atoms with E-state index in [4.69, 9.17) is 15.2 Å². The highest BCUT2D eigenvalue weighted by Gasteiger charge is 2.64. The number of rotatable bonds is 13. The molecule has 0 bridgehead atoms. The summed E-state index contributed by atoms with van der Waals surface area (Å²) < 4.78 is 9.50. The van der Waals surface area contributed by atoms with Crippen LogP contribution in [0.5, 0.6) is 5.75 Å². The van der Waals surface area contributed by atoms with Gasteiger partial charge in [-0.3, -0.25) is 33.8 Å². The van der Waals surface area contributed by atoms with Crippen LogP contribution in [0.4, 0.5) is 5.69 Å². The van der Waals surface area contributed by atoms with E-state index in [1.807, 2.05) is 4.90 Å². The van der Waals surface area contributed by atoms with Crippen LogP contribution in [-0.4, -0.2) is 127 Å². The standard InChI is InChI=1S/C34H46N4O11/c1-36(2)21-15-18(16-38(11-7-9-22(39)48-5)12-8-10-23(40)49-6)28(41)25-19(21)13-17-14-20-27(37(3)4)30(43)26(33(35)46)32(45)34(20,47)31(44)24(17)29(25)42/h15,17,20,27,41-42,45,47H,7-14,16H2,1-6H3,(H2,35,46)/t17-,20-,27-,34-/m0/s1. The number of aromatic hydroxyl groups is 1. The van der Waals surface area contributed by atoms with Crippen molar-refractivity contribution in [3.63, 3.8) is 0 Å². The number of ketones is 2. The van der Waals surface area contributed by atoms with Gasteiger partial charge in [0.1, 0.15) is 22.8 Å². The zero-order valence-electron chi connectivity index (χ0n) is 28.7. The average molecular weight is 687 g/mol. The molecule has 0 spiro atoms. The number of ether oxygens (including phenoxy) is 2. The molecule has 15 nitrogen and oxygen atoms in total. The minimum atomic E-state index is -2.74. The number of anilines is 1. The topological polar surface area (TPSA) is 220 Å². The molecule has 0 radical (unpaired) electrons. The first-order chi connectivity index (χ1) is 23.0. The maximum absolute atomic E-state index is 14.3. The molecule has 1 amide bonds. The number of hydrogen-bond acceptors (Lipinski definition) is 14. The Bertz CT molecular complexity index is 1590. The van der Waals surface area contributed by atoms with E-state index in [9.17, 15) is 44.4 Å². The SMILES string of the molecule is COC(=O)CCCN(CCCC(=O)OC)Cc1cc(N(C)C)c2c(c1O)C(O)=C1C(=O)[C@]3(O)C(O)=C(C(N)=O)C(=O)[C@@H](N(C)C)[C@@H]3C[C@@H]1C2. The van der Waals surface area contributed by atoms with E-state index >= 15 is 0 Å². The minimum absolute atomic E-state index is 0.0124. The molecule has 0 unspecified atom stereocenters. The summed E-state index contributed by atoms with van der Waals surface area (Å²) >= 11 is 0. The number of primary amides is 1. The van der Waals surface area contributed by atoms with Crippen molar-refractivity contribution >= 4 is 40.9 Å². The fraction of sp³-hybridized carbons (Fsp3) is 0.559. The lowest BCUT2D eigenvalue weighted by Crippen LogP contribution is -2.65. The molecule has 3 aliphatic carbocycles. The van der Waals surface area contributed by atoms with Gasteiger partial charge in [0.05, 0.1) is 25.8 Å². The van der Waals surface area contributed by atoms with Gasteiger partial charge in [0.2, 0.25) is 5.78 Å². The van der Waals surface area contributed by atoms with Crippen molar-refractivity contribution in [1.29, 1.82) is 0 Å². The number of aliphatic hydroxyl groups excluding tert-OH is 2. The van der Waals surface area contributed by atoms with E-state index in [1.54, 1.807) is 39.2 Å². The Morgan fingerprint density at radius 3 is 2.04 bits per heavy atom. The summed E-state index contributed by atoms with van der Waals surface area (Å²) in [6.07, 6.45) is 1.31. The number of fused-ring (bicyclic) bond motifs is 3. The monoisotopic (exact) mass is 686 g/mol. The maximum atomic E-state index is 14.3. The van der Waals surface area contributed by atoms with Gasteiger partial charge in [-0.25, -0.2) is 0 Å². The average Bonchev–Trinajstić information content (AvgIpc) is 3.02. The number of esters is 2. The van der Waals surface area contributed by atoms with Crippen LogP contribution in [0, 0.1) is 11.8 Å². The molecule has 3 aliphatic rings. The number of carbonyl (C=O) groups is 5. The number of aliphatic hydroxyl groups is 3. The fourth-order valence-electron chi connectivity index (χ4n) is 7.47. The molecule has 6 N–H and O–H groups in total. The number of nitrogens with two attached hydrogens (primary N) is 1. The third-order valence-corrected chi connectivity index (χ3v) is 9.82. The Hall–Kier alpha value is -4.47. The van der Waals surface area contributed by atoms with Gasteiger partial charge in [-0.05, 0) is 70.4 Å². The van der Waals surface area contributed by atoms with Crippen molar-refractivity contribution in [2.45, 2.75) is 56.7 Å². The Morgan fingerprint density at radius 1 is 0.980 bits per heavy atom. The Kier molecular flexibility index (Phi) is 11.1. The Balaban J connectivity index is 1.82. The Labute approximate surface area is 284 Å². The zero-order chi connectivity index (χ0) is 36.5. The highest BCUT2D eigenvalue weighted by molar-refractivity contribution is 6.24. The number of amides is 1. The van der Waals surface area contributed by atoms with Gasteiger partial charge in [-0.2, -0.15) is 0 Å². The minimum Gasteiger partial charge on any atom is -0.508 e. The van der Waals surface area contributed by atoms with Crippen LogP contribution >= 0.6 is 0 Å². The second-order valence-electron chi connectivity index (χ2n) is 13.2. The van der Waals surface area contributed by atoms with Gasteiger partial charge >= 0.3 is 11.9 Å². The molecular formula is C34H46N4O11. The molecule has 268 valence electrons. The largest absolute Gasteiger partial charge is 0.508 e. The number of phenolic OH excluding ortho intramolecular Hbond substituents is 1. The number of methoxy groups -OCH3 is 2. The van der Waals surface area contributed by atoms with Crippen molar-refractivity contribution in [3.8, 4) is 5.75 Å². The molecule has 0 aliphatic heterocycles. The number of hydrogen-bond donors (Lipinski definition) is 5. The van der Waals surface area contributed by atoms with Gasteiger partial charge in [0.25, 0.3) is 5.91 Å². The van der Waals surface area contributed by atoms with E-state index in [2.05, 4.69) is 0 Å². The number of phenols is 1. The number of benzene rings is 1. The first-order valence-corrected chi connectivity index (χ1v) is 16.1. The summed E-state index contributed by atoms with van der Waals surface area (Å²) in [5.74, 6) is -7.88. The maximum Gasteiger partial charge on any atom is 0.305 e. The highest BCUT2D eigenvalue weighted by Crippen LogP contribution is 2.54. The molecule has 1 fully saturated rings. The summed E-state index contributed by atoms with van der Waals surface area (Å²) in [4.78, 5) is 68.6. The smallest absolute Gasteiger partial charge is 0.305 e. The highest BCUT2D eigenvalue weighted by atomic mass is 16.5. The Morgan fingerprint density at radius 2 is 1.55 bits per heavy atom. The molecule has 0 aromatic heterocycles. The first kappa shape index (κ1) is 37.4. The molecular weight excluding hydrogens is 640 g/mol. The molecule has 4 atom stereocenters. The van der Waals surface area contributed by atoms with Gasteiger partial charge in [-0.1, -0.05) is 0 Å². The van der Waals surface area contributed by atoms with Gasteiger partial charge in [0.15, 0.2) is 11.4 Å². The van der Waals surface area contributed by atoms with E-state index < -0.39 is 58.0 Å². The lowest BCUT2D eigenvalue weighted by molar-refractivity contribution is -0.153. The van der Waals surface area contributed by atoms with Crippen LogP contribution in [-0.2, 0) is 46.4 Å². The zero-order valence-corrected chi connectivity index (χ0v) is 28.7. The second-order valence-corrected chi connectivity index (χ2v) is 13.2. The van der Waals surface area contributed by atoms with Crippen LogP contribution in [0.3, 0.4) is 0 Å². The number of carbonyl (C=O) groups excluding carboxylic acids is 5. The lowest BCUT2D eigenvalue weighted by Gasteiger charge is -2.50.